The fraction of sp³-hybridized carbons (Fsp3) is 0.688. The number of ether oxygens (including phenoxy) is 1. The van der Waals surface area contributed by atoms with Gasteiger partial charge in [-0.05, 0) is 79.4 Å². The largest absolute Gasteiger partial charge is 0.444 e. The third-order valence-corrected chi connectivity index (χ3v) is 6.48. The van der Waals surface area contributed by atoms with Crippen LogP contribution in [0.1, 0.15) is 123 Å². The van der Waals surface area contributed by atoms with E-state index in [1.54, 1.807) is 25.7 Å². The SMILES string of the molecule is CCCCCCCCN(C(=O)C(CCC(N)=O)NC(=O)OC(C)(C)C)C(C(=O)NC(C)(C)C)c1ccc(C)cc1C. The Balaban J connectivity index is 3.57. The Morgan fingerprint density at radius 2 is 1.56 bits per heavy atom. The van der Waals surface area contributed by atoms with E-state index in [1.807, 2.05) is 52.8 Å². The Kier molecular flexibility index (Phi) is 14.3. The van der Waals surface area contributed by atoms with Crippen molar-refractivity contribution >= 4 is 23.8 Å². The maximum absolute atomic E-state index is 14.3. The van der Waals surface area contributed by atoms with Gasteiger partial charge in [-0.1, -0.05) is 62.8 Å². The zero-order valence-corrected chi connectivity index (χ0v) is 26.8. The average Bonchev–Trinajstić information content (AvgIpc) is 2.81. The molecule has 0 spiro atoms. The first kappa shape index (κ1) is 35.9. The van der Waals surface area contributed by atoms with E-state index in [0.29, 0.717) is 18.5 Å². The van der Waals surface area contributed by atoms with Crippen molar-refractivity contribution in [2.45, 2.75) is 137 Å². The monoisotopic (exact) mass is 574 g/mol. The summed E-state index contributed by atoms with van der Waals surface area (Å²) in [5, 5.41) is 5.71. The van der Waals surface area contributed by atoms with Gasteiger partial charge in [0.25, 0.3) is 0 Å². The Bertz CT molecular complexity index is 1030. The molecular weight excluding hydrogens is 520 g/mol. The molecule has 0 radical (unpaired) electrons. The van der Waals surface area contributed by atoms with Gasteiger partial charge in [-0.3, -0.25) is 14.4 Å². The molecule has 9 nitrogen and oxygen atoms in total. The molecule has 0 aliphatic rings. The summed E-state index contributed by atoms with van der Waals surface area (Å²) >= 11 is 0. The first-order valence-electron chi connectivity index (χ1n) is 14.9. The van der Waals surface area contributed by atoms with E-state index in [1.165, 1.54) is 0 Å². The maximum Gasteiger partial charge on any atom is 0.408 e. The Morgan fingerprint density at radius 3 is 2.10 bits per heavy atom. The molecule has 1 aromatic rings. The van der Waals surface area contributed by atoms with E-state index < -0.39 is 41.1 Å². The quantitative estimate of drug-likeness (QED) is 0.235. The summed E-state index contributed by atoms with van der Waals surface area (Å²) in [7, 11) is 0. The van der Waals surface area contributed by atoms with Gasteiger partial charge in [0, 0.05) is 18.5 Å². The summed E-state index contributed by atoms with van der Waals surface area (Å²) in [5.41, 5.74) is 6.73. The van der Waals surface area contributed by atoms with Gasteiger partial charge in [-0.2, -0.15) is 0 Å². The summed E-state index contributed by atoms with van der Waals surface area (Å²) in [6.07, 6.45) is 5.10. The van der Waals surface area contributed by atoms with Gasteiger partial charge < -0.3 is 26.0 Å². The molecule has 1 aromatic carbocycles. The predicted octanol–water partition coefficient (Wildman–Crippen LogP) is 5.61. The van der Waals surface area contributed by atoms with Crippen molar-refractivity contribution in [1.82, 2.24) is 15.5 Å². The number of aryl methyl sites for hydroxylation is 2. The highest BCUT2D eigenvalue weighted by Gasteiger charge is 2.37. The summed E-state index contributed by atoms with van der Waals surface area (Å²) in [5.74, 6) is -1.36. The van der Waals surface area contributed by atoms with Gasteiger partial charge in [0.05, 0.1) is 0 Å². The number of nitrogens with two attached hydrogens (primary N) is 1. The van der Waals surface area contributed by atoms with Crippen LogP contribution in [-0.4, -0.2) is 52.4 Å². The second kappa shape index (κ2) is 16.4. The molecule has 0 heterocycles. The van der Waals surface area contributed by atoms with Crippen molar-refractivity contribution in [3.05, 3.63) is 34.9 Å². The van der Waals surface area contributed by atoms with Crippen molar-refractivity contribution in [2.75, 3.05) is 6.54 Å². The normalized spacial score (nSPS) is 13.2. The van der Waals surface area contributed by atoms with Crippen molar-refractivity contribution < 1.29 is 23.9 Å². The molecular formula is C32H54N4O5. The Morgan fingerprint density at radius 1 is 0.951 bits per heavy atom. The van der Waals surface area contributed by atoms with Gasteiger partial charge >= 0.3 is 6.09 Å². The van der Waals surface area contributed by atoms with E-state index in [2.05, 4.69) is 17.6 Å². The number of nitrogens with zero attached hydrogens (tertiary/aromatic N) is 1. The van der Waals surface area contributed by atoms with Crippen LogP contribution in [0, 0.1) is 13.8 Å². The second-order valence-corrected chi connectivity index (χ2v) is 13.0. The van der Waals surface area contributed by atoms with Crippen LogP contribution >= 0.6 is 0 Å². The van der Waals surface area contributed by atoms with E-state index in [-0.39, 0.29) is 18.7 Å². The van der Waals surface area contributed by atoms with E-state index in [0.717, 1.165) is 43.2 Å². The zero-order valence-electron chi connectivity index (χ0n) is 26.8. The number of rotatable bonds is 15. The molecule has 0 saturated carbocycles. The van der Waals surface area contributed by atoms with Gasteiger partial charge in [-0.25, -0.2) is 4.79 Å². The lowest BCUT2D eigenvalue weighted by atomic mass is 9.94. The number of carbonyl (C=O) groups excluding carboxylic acids is 4. The number of hydrogen-bond acceptors (Lipinski definition) is 5. The molecule has 1 rings (SSSR count). The lowest BCUT2D eigenvalue weighted by Crippen LogP contribution is -2.55. The molecule has 2 unspecified atom stereocenters. The third-order valence-electron chi connectivity index (χ3n) is 6.48. The minimum absolute atomic E-state index is 0.0130. The first-order valence-corrected chi connectivity index (χ1v) is 14.9. The smallest absolute Gasteiger partial charge is 0.408 e. The van der Waals surface area contributed by atoms with Gasteiger partial charge in [0.15, 0.2) is 0 Å². The highest BCUT2D eigenvalue weighted by molar-refractivity contribution is 5.93. The highest BCUT2D eigenvalue weighted by Crippen LogP contribution is 2.28. The zero-order chi connectivity index (χ0) is 31.4. The van der Waals surface area contributed by atoms with E-state index >= 15 is 0 Å². The molecule has 9 heteroatoms. The van der Waals surface area contributed by atoms with Crippen molar-refractivity contribution in [1.29, 1.82) is 0 Å². The number of alkyl carbamates (subject to hydrolysis) is 1. The lowest BCUT2D eigenvalue weighted by Gasteiger charge is -2.36. The van der Waals surface area contributed by atoms with E-state index in [9.17, 15) is 19.2 Å². The van der Waals surface area contributed by atoms with Crippen LogP contribution in [0.5, 0.6) is 0 Å². The predicted molar refractivity (Wildman–Crippen MR) is 163 cm³/mol. The topological polar surface area (TPSA) is 131 Å². The standard InChI is InChI=1S/C32H54N4O5/c1-10-11-12-13-14-15-20-36(29(39)25(18-19-26(33)37)34-30(40)41-32(7,8)9)27(28(38)35-31(4,5)6)24-17-16-22(2)21-23(24)3/h16-17,21,25,27H,10-15,18-20H2,1-9H3,(H2,33,37)(H,34,40)(H,35,38). The van der Waals surface area contributed by atoms with Crippen LogP contribution < -0.4 is 16.4 Å². The Labute approximate surface area is 247 Å². The average molecular weight is 575 g/mol. The molecule has 2 atom stereocenters. The molecule has 0 bridgehead atoms. The summed E-state index contributed by atoms with van der Waals surface area (Å²) in [6, 6.07) is 3.77. The molecule has 0 aromatic heterocycles. The number of carbonyl (C=O) groups is 4. The molecule has 4 amide bonds. The number of primary amides is 1. The van der Waals surface area contributed by atoms with Crippen LogP contribution in [-0.2, 0) is 19.1 Å². The van der Waals surface area contributed by atoms with Gasteiger partial charge in [0.1, 0.15) is 17.7 Å². The van der Waals surface area contributed by atoms with E-state index in [4.69, 9.17) is 10.5 Å². The summed E-state index contributed by atoms with van der Waals surface area (Å²) < 4.78 is 5.42. The van der Waals surface area contributed by atoms with Crippen LogP contribution in [0.3, 0.4) is 0 Å². The minimum atomic E-state index is -1.10. The number of hydrogen-bond donors (Lipinski definition) is 3. The fourth-order valence-electron chi connectivity index (χ4n) is 4.64. The molecule has 0 aliphatic carbocycles. The molecule has 4 N–H and O–H groups in total. The van der Waals surface area contributed by atoms with Crippen molar-refractivity contribution in [2.24, 2.45) is 5.73 Å². The number of amides is 4. The number of unbranched alkanes of at least 4 members (excludes halogenated alkanes) is 5. The lowest BCUT2D eigenvalue weighted by molar-refractivity contribution is -0.143. The maximum atomic E-state index is 14.3. The third kappa shape index (κ3) is 13.9. The number of nitrogens with one attached hydrogen (secondary N) is 2. The first-order chi connectivity index (χ1) is 18.9. The van der Waals surface area contributed by atoms with Gasteiger partial charge in [-0.15, -0.1) is 0 Å². The Hall–Kier alpha value is -3.10. The molecule has 41 heavy (non-hydrogen) atoms. The summed E-state index contributed by atoms with van der Waals surface area (Å²) in [4.78, 5) is 54.2. The molecule has 232 valence electrons. The van der Waals surface area contributed by atoms with Gasteiger partial charge in [0.2, 0.25) is 17.7 Å². The minimum Gasteiger partial charge on any atom is -0.444 e. The second-order valence-electron chi connectivity index (χ2n) is 13.0. The van der Waals surface area contributed by atoms with Crippen LogP contribution in [0.25, 0.3) is 0 Å². The van der Waals surface area contributed by atoms with Crippen molar-refractivity contribution in [3.63, 3.8) is 0 Å². The van der Waals surface area contributed by atoms with Crippen molar-refractivity contribution in [3.8, 4) is 0 Å². The van der Waals surface area contributed by atoms with Crippen LogP contribution in [0.2, 0.25) is 0 Å². The molecule has 0 aliphatic heterocycles. The molecule has 0 saturated heterocycles. The number of benzene rings is 1. The van der Waals surface area contributed by atoms with Crippen LogP contribution in [0.4, 0.5) is 4.79 Å². The molecule has 0 fully saturated rings. The fourth-order valence-corrected chi connectivity index (χ4v) is 4.64. The van der Waals surface area contributed by atoms with Crippen LogP contribution in [0.15, 0.2) is 18.2 Å². The summed E-state index contributed by atoms with van der Waals surface area (Å²) in [6.45, 7) is 17.2. The highest BCUT2D eigenvalue weighted by atomic mass is 16.6.